The van der Waals surface area contributed by atoms with E-state index < -0.39 is 0 Å². The van der Waals surface area contributed by atoms with E-state index in [-0.39, 0.29) is 18.1 Å². The van der Waals surface area contributed by atoms with Crippen molar-refractivity contribution in [1.82, 2.24) is 5.32 Å². The molecule has 0 saturated carbocycles. The highest BCUT2D eigenvalue weighted by molar-refractivity contribution is 5.76. The third-order valence-corrected chi connectivity index (χ3v) is 4.61. The standard InChI is InChI=1S/C17H23NO2/c1-11-5-4-6-12-8-18-14-7-15(17(2,3)10-19)20-9-13(14)16(11)12/h4-6,15,18-19H,7-10H2,1-3H3/t15-/m1/s1. The van der Waals surface area contributed by atoms with Gasteiger partial charge in [0.2, 0.25) is 0 Å². The molecule has 0 amide bonds. The number of hydrogen-bond donors (Lipinski definition) is 2. The highest BCUT2D eigenvalue weighted by Crippen LogP contribution is 2.38. The van der Waals surface area contributed by atoms with E-state index in [0.29, 0.717) is 6.61 Å². The van der Waals surface area contributed by atoms with Gasteiger partial charge in [-0.1, -0.05) is 32.0 Å². The van der Waals surface area contributed by atoms with E-state index in [9.17, 15) is 5.11 Å². The van der Waals surface area contributed by atoms with Gasteiger partial charge in [-0.05, 0) is 23.6 Å². The highest BCUT2D eigenvalue weighted by Gasteiger charge is 2.36. The Kier molecular flexibility index (Phi) is 3.35. The first-order chi connectivity index (χ1) is 9.53. The molecule has 1 atom stereocenters. The summed E-state index contributed by atoms with van der Waals surface area (Å²) in [7, 11) is 0. The van der Waals surface area contributed by atoms with Crippen LogP contribution in [0.2, 0.25) is 0 Å². The summed E-state index contributed by atoms with van der Waals surface area (Å²) in [5, 5.41) is 13.1. The maximum Gasteiger partial charge on any atom is 0.0744 e. The van der Waals surface area contributed by atoms with Crippen LogP contribution in [0.4, 0.5) is 0 Å². The Hall–Kier alpha value is -1.32. The van der Waals surface area contributed by atoms with E-state index in [1.165, 1.54) is 28.0 Å². The monoisotopic (exact) mass is 273 g/mol. The predicted molar refractivity (Wildman–Crippen MR) is 80.2 cm³/mol. The van der Waals surface area contributed by atoms with Crippen molar-refractivity contribution < 1.29 is 9.84 Å². The zero-order valence-corrected chi connectivity index (χ0v) is 12.5. The molecule has 0 fully saturated rings. The lowest BCUT2D eigenvalue weighted by atomic mass is 9.80. The fourth-order valence-electron chi connectivity index (χ4n) is 3.15. The molecule has 1 aromatic carbocycles. The summed E-state index contributed by atoms with van der Waals surface area (Å²) in [5.74, 6) is 0. The topological polar surface area (TPSA) is 41.5 Å². The Bertz CT molecular complexity index is 560. The van der Waals surface area contributed by atoms with Gasteiger partial charge in [0, 0.05) is 29.7 Å². The number of ether oxygens (including phenoxy) is 1. The molecule has 0 unspecified atom stereocenters. The minimum absolute atomic E-state index is 0.0734. The molecule has 20 heavy (non-hydrogen) atoms. The normalized spacial score (nSPS) is 22.1. The number of hydrogen-bond acceptors (Lipinski definition) is 3. The Labute approximate surface area is 120 Å². The summed E-state index contributed by atoms with van der Waals surface area (Å²) in [6, 6.07) is 6.46. The largest absolute Gasteiger partial charge is 0.396 e. The van der Waals surface area contributed by atoms with Gasteiger partial charge in [-0.15, -0.1) is 0 Å². The van der Waals surface area contributed by atoms with Crippen LogP contribution < -0.4 is 5.32 Å². The van der Waals surface area contributed by atoms with E-state index in [1.54, 1.807) is 0 Å². The van der Waals surface area contributed by atoms with Gasteiger partial charge in [-0.3, -0.25) is 0 Å². The number of nitrogens with one attached hydrogen (secondary N) is 1. The Morgan fingerprint density at radius 2 is 2.20 bits per heavy atom. The van der Waals surface area contributed by atoms with Gasteiger partial charge in [0.15, 0.2) is 0 Å². The fraction of sp³-hybridized carbons (Fsp3) is 0.529. The molecule has 108 valence electrons. The Morgan fingerprint density at radius 1 is 1.40 bits per heavy atom. The average Bonchev–Trinajstić information content (AvgIpc) is 2.46. The lowest BCUT2D eigenvalue weighted by Crippen LogP contribution is -2.41. The van der Waals surface area contributed by atoms with Gasteiger partial charge in [0.25, 0.3) is 0 Å². The van der Waals surface area contributed by atoms with Crippen LogP contribution in [-0.2, 0) is 11.3 Å². The Morgan fingerprint density at radius 3 is 2.95 bits per heavy atom. The van der Waals surface area contributed by atoms with E-state index in [0.717, 1.165) is 13.0 Å². The fourth-order valence-corrected chi connectivity index (χ4v) is 3.15. The van der Waals surface area contributed by atoms with E-state index >= 15 is 0 Å². The molecule has 2 N–H and O–H groups in total. The molecule has 0 bridgehead atoms. The zero-order valence-electron chi connectivity index (χ0n) is 12.5. The first kappa shape index (κ1) is 13.7. The van der Waals surface area contributed by atoms with Gasteiger partial charge in [-0.2, -0.15) is 0 Å². The molecular formula is C17H23NO2. The van der Waals surface area contributed by atoms with E-state index in [1.807, 2.05) is 0 Å². The molecule has 0 aliphatic carbocycles. The number of fused-ring (bicyclic) bond motifs is 2. The van der Waals surface area contributed by atoms with Crippen LogP contribution in [-0.4, -0.2) is 24.4 Å². The maximum atomic E-state index is 9.53. The second kappa shape index (κ2) is 4.90. The van der Waals surface area contributed by atoms with Crippen LogP contribution in [0.5, 0.6) is 0 Å². The van der Waals surface area contributed by atoms with Crippen molar-refractivity contribution in [2.24, 2.45) is 5.41 Å². The van der Waals surface area contributed by atoms with E-state index in [2.05, 4.69) is 44.3 Å². The molecule has 1 aromatic rings. The Balaban J connectivity index is 1.96. The van der Waals surface area contributed by atoms with Crippen molar-refractivity contribution in [3.05, 3.63) is 40.6 Å². The predicted octanol–water partition coefficient (Wildman–Crippen LogP) is 2.62. The van der Waals surface area contributed by atoms with Crippen LogP contribution in [0.15, 0.2) is 23.9 Å². The summed E-state index contributed by atoms with van der Waals surface area (Å²) in [4.78, 5) is 0. The van der Waals surface area contributed by atoms with Crippen molar-refractivity contribution >= 4 is 5.57 Å². The maximum absolute atomic E-state index is 9.53. The molecule has 3 nitrogen and oxygen atoms in total. The van der Waals surface area contributed by atoms with Gasteiger partial charge >= 0.3 is 0 Å². The third kappa shape index (κ3) is 2.15. The highest BCUT2D eigenvalue weighted by atomic mass is 16.5. The number of aryl methyl sites for hydroxylation is 1. The molecule has 2 heterocycles. The number of rotatable bonds is 2. The van der Waals surface area contributed by atoms with Crippen molar-refractivity contribution in [1.29, 1.82) is 0 Å². The van der Waals surface area contributed by atoms with Crippen LogP contribution in [0.3, 0.4) is 0 Å². The van der Waals surface area contributed by atoms with Crippen LogP contribution in [0.1, 0.15) is 37.0 Å². The SMILES string of the molecule is Cc1cccc2c1C1=C(C[C@H](C(C)(C)CO)OC1)NC2. The first-order valence-electron chi connectivity index (χ1n) is 7.30. The summed E-state index contributed by atoms with van der Waals surface area (Å²) in [6.07, 6.45) is 0.931. The van der Waals surface area contributed by atoms with Crippen LogP contribution >= 0.6 is 0 Å². The summed E-state index contributed by atoms with van der Waals surface area (Å²) in [6.45, 7) is 7.96. The van der Waals surface area contributed by atoms with Gasteiger partial charge in [0.1, 0.15) is 0 Å². The quantitative estimate of drug-likeness (QED) is 0.870. The van der Waals surface area contributed by atoms with Gasteiger partial charge in [-0.25, -0.2) is 0 Å². The van der Waals surface area contributed by atoms with E-state index in [4.69, 9.17) is 4.74 Å². The summed E-state index contributed by atoms with van der Waals surface area (Å²) >= 11 is 0. The van der Waals surface area contributed by atoms with Crippen molar-refractivity contribution in [2.45, 2.75) is 39.8 Å². The summed E-state index contributed by atoms with van der Waals surface area (Å²) < 4.78 is 6.06. The summed E-state index contributed by atoms with van der Waals surface area (Å²) in [5.41, 5.74) is 6.43. The minimum Gasteiger partial charge on any atom is -0.396 e. The molecule has 2 aliphatic heterocycles. The second-order valence-electron chi connectivity index (χ2n) is 6.57. The number of aliphatic hydroxyl groups excluding tert-OH is 1. The molecule has 0 aromatic heterocycles. The zero-order chi connectivity index (χ0) is 14.3. The lowest BCUT2D eigenvalue weighted by molar-refractivity contribution is -0.0421. The molecule has 3 heteroatoms. The van der Waals surface area contributed by atoms with Crippen molar-refractivity contribution in [2.75, 3.05) is 13.2 Å². The number of aliphatic hydroxyl groups is 1. The van der Waals surface area contributed by atoms with Crippen molar-refractivity contribution in [3.63, 3.8) is 0 Å². The molecule has 3 rings (SSSR count). The van der Waals surface area contributed by atoms with Crippen LogP contribution in [0.25, 0.3) is 5.57 Å². The third-order valence-electron chi connectivity index (χ3n) is 4.61. The molecular weight excluding hydrogens is 250 g/mol. The van der Waals surface area contributed by atoms with Crippen LogP contribution in [0, 0.1) is 12.3 Å². The molecule has 0 spiro atoms. The average molecular weight is 273 g/mol. The number of benzene rings is 1. The molecule has 0 radical (unpaired) electrons. The molecule has 2 aliphatic rings. The minimum atomic E-state index is -0.202. The van der Waals surface area contributed by atoms with Gasteiger partial charge in [0.05, 0.1) is 19.3 Å². The lowest BCUT2D eigenvalue weighted by Gasteiger charge is -2.39. The second-order valence-corrected chi connectivity index (χ2v) is 6.57. The van der Waals surface area contributed by atoms with Crippen molar-refractivity contribution in [3.8, 4) is 0 Å². The van der Waals surface area contributed by atoms with Gasteiger partial charge < -0.3 is 15.2 Å². The molecule has 0 saturated heterocycles. The first-order valence-corrected chi connectivity index (χ1v) is 7.30. The smallest absolute Gasteiger partial charge is 0.0744 e.